The second-order valence-electron chi connectivity index (χ2n) is 8.00. The Hall–Kier alpha value is -2.99. The summed E-state index contributed by atoms with van der Waals surface area (Å²) in [7, 11) is 1.64. The van der Waals surface area contributed by atoms with Gasteiger partial charge in [-0.2, -0.15) is 0 Å². The first kappa shape index (κ1) is 18.1. The molecule has 29 heavy (non-hydrogen) atoms. The molecule has 0 unspecified atom stereocenters. The second-order valence-corrected chi connectivity index (χ2v) is 8.00. The van der Waals surface area contributed by atoms with Gasteiger partial charge in [-0.15, -0.1) is 0 Å². The highest BCUT2D eigenvalue weighted by molar-refractivity contribution is 5.59. The average molecular weight is 388 g/mol. The van der Waals surface area contributed by atoms with Crippen molar-refractivity contribution in [2.75, 3.05) is 20.2 Å². The molecule has 5 rings (SSSR count). The molecule has 6 nitrogen and oxygen atoms in total. The number of nitrogens with zero attached hydrogens (tertiary/aromatic N) is 4. The maximum Gasteiger partial charge on any atom is 0.251 e. The Morgan fingerprint density at radius 1 is 1.10 bits per heavy atom. The van der Waals surface area contributed by atoms with Crippen LogP contribution in [0.5, 0.6) is 5.88 Å². The van der Waals surface area contributed by atoms with Gasteiger partial charge in [0, 0.05) is 61.7 Å². The Balaban J connectivity index is 1.43. The summed E-state index contributed by atoms with van der Waals surface area (Å²) < 4.78 is 7.24. The molecule has 0 N–H and O–H groups in total. The van der Waals surface area contributed by atoms with Crippen LogP contribution in [0.15, 0.2) is 59.5 Å². The number of hydrogen-bond donors (Lipinski definition) is 0. The minimum Gasteiger partial charge on any atom is -0.481 e. The number of pyridine rings is 3. The normalized spacial score (nSPS) is 20.9. The Morgan fingerprint density at radius 3 is 2.86 bits per heavy atom. The monoisotopic (exact) mass is 388 g/mol. The molecule has 2 atom stereocenters. The van der Waals surface area contributed by atoms with Crippen molar-refractivity contribution in [1.82, 2.24) is 19.4 Å². The predicted octanol–water partition coefficient (Wildman–Crippen LogP) is 2.93. The summed E-state index contributed by atoms with van der Waals surface area (Å²) in [6.07, 6.45) is 2.90. The Kier molecular flexibility index (Phi) is 4.64. The predicted molar refractivity (Wildman–Crippen MR) is 111 cm³/mol. The standard InChI is InChI=1S/C23H24N4O2/c1-29-22-7-4-5-19(25-22)15-26-12-16-9-18(14-26)21-10-17(11-23(28)27(21)13-16)20-6-2-3-8-24-20/h2-8,10-11,16,18H,9,12-15H2,1H3/t16-,18+/m0/s1. The molecule has 1 saturated heterocycles. The fraction of sp³-hybridized carbons (Fsp3) is 0.348. The first-order valence-corrected chi connectivity index (χ1v) is 10.1. The van der Waals surface area contributed by atoms with Crippen molar-refractivity contribution in [3.63, 3.8) is 0 Å². The zero-order valence-electron chi connectivity index (χ0n) is 16.5. The molecule has 0 radical (unpaired) electrons. The van der Waals surface area contributed by atoms with E-state index in [1.165, 1.54) is 0 Å². The Labute approximate surface area is 169 Å². The van der Waals surface area contributed by atoms with Crippen molar-refractivity contribution >= 4 is 0 Å². The van der Waals surface area contributed by atoms with Gasteiger partial charge in [0.2, 0.25) is 5.88 Å². The number of piperidine rings is 1. The molecule has 3 aromatic heterocycles. The number of hydrogen-bond acceptors (Lipinski definition) is 5. The van der Waals surface area contributed by atoms with E-state index in [-0.39, 0.29) is 5.56 Å². The summed E-state index contributed by atoms with van der Waals surface area (Å²) in [5.41, 5.74) is 4.00. The van der Waals surface area contributed by atoms with Crippen LogP contribution in [0, 0.1) is 5.92 Å². The van der Waals surface area contributed by atoms with Gasteiger partial charge in [-0.1, -0.05) is 12.1 Å². The minimum absolute atomic E-state index is 0.0840. The number of fused-ring (bicyclic) bond motifs is 4. The highest BCUT2D eigenvalue weighted by Gasteiger charge is 2.35. The molecular weight excluding hydrogens is 364 g/mol. The quantitative estimate of drug-likeness (QED) is 0.688. The first-order valence-electron chi connectivity index (χ1n) is 10.1. The summed E-state index contributed by atoms with van der Waals surface area (Å²) in [5.74, 6) is 1.49. The molecule has 0 saturated carbocycles. The maximum atomic E-state index is 12.8. The minimum atomic E-state index is 0.0840. The number of aromatic nitrogens is 3. The van der Waals surface area contributed by atoms with Gasteiger partial charge >= 0.3 is 0 Å². The van der Waals surface area contributed by atoms with Crippen molar-refractivity contribution in [3.05, 3.63) is 76.5 Å². The van der Waals surface area contributed by atoms with E-state index in [1.807, 2.05) is 41.0 Å². The van der Waals surface area contributed by atoms with E-state index < -0.39 is 0 Å². The number of likely N-dealkylation sites (tertiary alicyclic amines) is 1. The molecular formula is C23H24N4O2. The molecule has 148 valence electrons. The number of methoxy groups -OCH3 is 1. The van der Waals surface area contributed by atoms with E-state index in [1.54, 1.807) is 19.4 Å². The largest absolute Gasteiger partial charge is 0.481 e. The smallest absolute Gasteiger partial charge is 0.251 e. The molecule has 2 bridgehead atoms. The highest BCUT2D eigenvalue weighted by Crippen LogP contribution is 2.36. The third-order valence-electron chi connectivity index (χ3n) is 5.97. The van der Waals surface area contributed by atoms with E-state index in [9.17, 15) is 4.79 Å². The van der Waals surface area contributed by atoms with Gasteiger partial charge in [0.25, 0.3) is 5.56 Å². The van der Waals surface area contributed by atoms with Gasteiger partial charge in [0.05, 0.1) is 18.5 Å². The van der Waals surface area contributed by atoms with Crippen molar-refractivity contribution in [1.29, 1.82) is 0 Å². The summed E-state index contributed by atoms with van der Waals surface area (Å²) in [5, 5.41) is 0. The van der Waals surface area contributed by atoms with E-state index in [0.717, 1.165) is 55.2 Å². The van der Waals surface area contributed by atoms with Crippen molar-refractivity contribution in [2.24, 2.45) is 5.92 Å². The van der Waals surface area contributed by atoms with Crippen LogP contribution < -0.4 is 10.3 Å². The lowest BCUT2D eigenvalue weighted by Gasteiger charge is -2.42. The van der Waals surface area contributed by atoms with Crippen LogP contribution in [0.2, 0.25) is 0 Å². The number of ether oxygens (including phenoxy) is 1. The van der Waals surface area contributed by atoms with Gasteiger partial charge in [-0.05, 0) is 36.6 Å². The molecule has 5 heterocycles. The van der Waals surface area contributed by atoms with Crippen LogP contribution >= 0.6 is 0 Å². The van der Waals surface area contributed by atoms with Gasteiger partial charge in [0.15, 0.2) is 0 Å². The molecule has 0 aliphatic carbocycles. The van der Waals surface area contributed by atoms with E-state index in [4.69, 9.17) is 4.74 Å². The Bertz CT molecular complexity index is 1080. The fourth-order valence-corrected chi connectivity index (χ4v) is 4.76. The summed E-state index contributed by atoms with van der Waals surface area (Å²) in [6.45, 7) is 3.51. The molecule has 1 fully saturated rings. The fourth-order valence-electron chi connectivity index (χ4n) is 4.76. The van der Waals surface area contributed by atoms with Crippen molar-refractivity contribution in [2.45, 2.75) is 25.4 Å². The summed E-state index contributed by atoms with van der Waals surface area (Å²) in [4.78, 5) is 24.3. The summed E-state index contributed by atoms with van der Waals surface area (Å²) in [6, 6.07) is 15.6. The molecule has 2 aliphatic heterocycles. The summed E-state index contributed by atoms with van der Waals surface area (Å²) >= 11 is 0. The second kappa shape index (κ2) is 7.44. The topological polar surface area (TPSA) is 60.2 Å². The molecule has 3 aromatic rings. The van der Waals surface area contributed by atoms with E-state index >= 15 is 0 Å². The van der Waals surface area contributed by atoms with E-state index in [0.29, 0.717) is 17.7 Å². The Morgan fingerprint density at radius 2 is 2.03 bits per heavy atom. The SMILES string of the molecule is COc1cccc(CN2C[C@@H]3C[C@H](C2)c2cc(-c4ccccn4)cc(=O)n2C3)n1. The third-order valence-corrected chi connectivity index (χ3v) is 5.97. The van der Waals surface area contributed by atoms with Crippen LogP contribution in [-0.4, -0.2) is 39.6 Å². The van der Waals surface area contributed by atoms with Crippen molar-refractivity contribution in [3.8, 4) is 17.1 Å². The van der Waals surface area contributed by atoms with Crippen LogP contribution in [0.1, 0.15) is 23.7 Å². The maximum absolute atomic E-state index is 12.8. The molecule has 0 aromatic carbocycles. The van der Waals surface area contributed by atoms with Gasteiger partial charge in [-0.25, -0.2) is 4.98 Å². The highest BCUT2D eigenvalue weighted by atomic mass is 16.5. The van der Waals surface area contributed by atoms with Gasteiger partial charge in [-0.3, -0.25) is 14.7 Å². The zero-order chi connectivity index (χ0) is 19.8. The molecule has 6 heteroatoms. The lowest BCUT2D eigenvalue weighted by atomic mass is 9.82. The van der Waals surface area contributed by atoms with Crippen LogP contribution in [0.4, 0.5) is 0 Å². The molecule has 0 amide bonds. The lowest BCUT2D eigenvalue weighted by molar-refractivity contribution is 0.113. The van der Waals surface area contributed by atoms with Crippen LogP contribution in [0.25, 0.3) is 11.3 Å². The average Bonchev–Trinajstić information content (AvgIpc) is 2.75. The molecule has 0 spiro atoms. The lowest BCUT2D eigenvalue weighted by Crippen LogP contribution is -2.46. The molecule has 2 aliphatic rings. The van der Waals surface area contributed by atoms with Crippen LogP contribution in [0.3, 0.4) is 0 Å². The zero-order valence-corrected chi connectivity index (χ0v) is 16.5. The first-order chi connectivity index (χ1) is 14.2. The van der Waals surface area contributed by atoms with Gasteiger partial charge < -0.3 is 9.30 Å². The van der Waals surface area contributed by atoms with E-state index in [2.05, 4.69) is 20.9 Å². The van der Waals surface area contributed by atoms with Crippen molar-refractivity contribution < 1.29 is 4.74 Å². The van der Waals surface area contributed by atoms with Crippen LogP contribution in [-0.2, 0) is 13.1 Å². The third kappa shape index (κ3) is 3.56. The number of rotatable bonds is 4. The van der Waals surface area contributed by atoms with Gasteiger partial charge in [0.1, 0.15) is 0 Å².